The van der Waals surface area contributed by atoms with Crippen LogP contribution in [-0.2, 0) is 31.4 Å². The van der Waals surface area contributed by atoms with Gasteiger partial charge < -0.3 is 4.42 Å². The van der Waals surface area contributed by atoms with Gasteiger partial charge in [0.15, 0.2) is 9.84 Å². The summed E-state index contributed by atoms with van der Waals surface area (Å²) in [6, 6.07) is 32.5. The number of benzene rings is 4. The maximum Gasteiger partial charge on any atom is 0.241 e. The molecule has 1 N–H and O–H groups in total. The first-order chi connectivity index (χ1) is 21.6. The summed E-state index contributed by atoms with van der Waals surface area (Å²) in [4.78, 5) is 0. The molecule has 230 valence electrons. The summed E-state index contributed by atoms with van der Waals surface area (Å²) in [7, 11) is -7.97. The molecule has 0 amide bonds. The van der Waals surface area contributed by atoms with E-state index in [-0.39, 0.29) is 11.8 Å². The molecule has 2 heterocycles. The molecule has 1 aliphatic rings. The molecule has 0 saturated heterocycles. The summed E-state index contributed by atoms with van der Waals surface area (Å²) in [6.45, 7) is 3.87. The number of nitrogens with one attached hydrogen (secondary N) is 1. The molecular weight excluding hydrogens is 611 g/mol. The third-order valence-electron chi connectivity index (χ3n) is 7.40. The molecule has 4 aromatic carbocycles. The lowest BCUT2D eigenvalue weighted by atomic mass is 9.97. The van der Waals surface area contributed by atoms with Crippen LogP contribution in [0.4, 0.5) is 11.4 Å². The van der Waals surface area contributed by atoms with Crippen LogP contribution in [0.5, 0.6) is 0 Å². The lowest BCUT2D eigenvalue weighted by molar-refractivity contribution is 0.471. The van der Waals surface area contributed by atoms with Crippen molar-refractivity contribution in [3.63, 3.8) is 0 Å². The Morgan fingerprint density at radius 2 is 1.27 bits per heavy atom. The van der Waals surface area contributed by atoms with Gasteiger partial charge in [-0.25, -0.2) is 16.8 Å². The summed E-state index contributed by atoms with van der Waals surface area (Å²) in [5.74, 6) is -1.64. The number of hydrazone groups is 1. The summed E-state index contributed by atoms with van der Waals surface area (Å²) in [5, 5.41) is 13.3. The Hall–Kier alpha value is -4.81. The van der Waals surface area contributed by atoms with Crippen LogP contribution in [0.15, 0.2) is 119 Å². The Bertz CT molecular complexity index is 2030. The van der Waals surface area contributed by atoms with E-state index < -0.39 is 42.7 Å². The van der Waals surface area contributed by atoms with Crippen LogP contribution in [0.1, 0.15) is 40.1 Å². The van der Waals surface area contributed by atoms with Gasteiger partial charge >= 0.3 is 0 Å². The highest BCUT2D eigenvalue weighted by atomic mass is 32.2. The number of rotatable bonds is 10. The number of hydrogen-bond acceptors (Lipinski definition) is 9. The van der Waals surface area contributed by atoms with Gasteiger partial charge in [0.05, 0.1) is 11.4 Å². The van der Waals surface area contributed by atoms with Gasteiger partial charge in [-0.05, 0) is 49.2 Å². The molecule has 0 bridgehead atoms. The second-order valence-corrected chi connectivity index (χ2v) is 14.8. The molecule has 10 nitrogen and oxygen atoms in total. The zero-order valence-corrected chi connectivity index (χ0v) is 26.2. The second kappa shape index (κ2) is 12.3. The van der Waals surface area contributed by atoms with Gasteiger partial charge in [0.25, 0.3) is 0 Å². The van der Waals surface area contributed by atoms with Gasteiger partial charge in [-0.15, -0.1) is 10.2 Å². The average Bonchev–Trinajstić information content (AvgIpc) is 3.64. The topological polar surface area (TPSA) is 135 Å². The van der Waals surface area contributed by atoms with E-state index in [9.17, 15) is 16.8 Å². The fourth-order valence-electron chi connectivity index (χ4n) is 5.26. The number of anilines is 2. The van der Waals surface area contributed by atoms with Crippen LogP contribution in [-0.4, -0.2) is 38.0 Å². The standard InChI is InChI=1S/C33H31N5O5S2/c1-23-13-17-26(18-14-23)32-33(31(25-9-5-3-6-10-25)36-38(32)28-11-7-4-8-12-28)44(39,40)21-29-34-35-30(43-29)22-45(41,42)37-27-19-15-24(2)16-20-27/h3-20,32-33,37H,21-22H2,1-2H3. The van der Waals surface area contributed by atoms with Crippen LogP contribution in [0, 0.1) is 13.8 Å². The Morgan fingerprint density at radius 1 is 0.711 bits per heavy atom. The average molecular weight is 642 g/mol. The number of para-hydroxylation sites is 1. The smallest absolute Gasteiger partial charge is 0.241 e. The highest BCUT2D eigenvalue weighted by Gasteiger charge is 2.48. The normalized spacial score (nSPS) is 16.8. The molecule has 0 saturated carbocycles. The van der Waals surface area contributed by atoms with Crippen molar-refractivity contribution in [1.29, 1.82) is 0 Å². The van der Waals surface area contributed by atoms with Crippen molar-refractivity contribution < 1.29 is 21.3 Å². The maximum absolute atomic E-state index is 14.4. The Labute approximate surface area is 262 Å². The molecule has 12 heteroatoms. The molecule has 0 aliphatic carbocycles. The maximum atomic E-state index is 14.4. The molecule has 2 unspecified atom stereocenters. The molecule has 2 atom stereocenters. The van der Waals surface area contributed by atoms with Crippen molar-refractivity contribution in [1.82, 2.24) is 10.2 Å². The minimum atomic E-state index is -4.08. The lowest BCUT2D eigenvalue weighted by Gasteiger charge is -2.28. The largest absolute Gasteiger partial charge is 0.423 e. The van der Waals surface area contributed by atoms with E-state index in [2.05, 4.69) is 14.9 Å². The van der Waals surface area contributed by atoms with Crippen molar-refractivity contribution in [2.45, 2.75) is 36.6 Å². The van der Waals surface area contributed by atoms with Crippen molar-refractivity contribution in [2.24, 2.45) is 5.10 Å². The van der Waals surface area contributed by atoms with Crippen LogP contribution in [0.25, 0.3) is 0 Å². The fourth-order valence-corrected chi connectivity index (χ4v) is 8.09. The predicted octanol–water partition coefficient (Wildman–Crippen LogP) is 5.58. The molecule has 6 rings (SSSR count). The molecule has 0 radical (unpaired) electrons. The van der Waals surface area contributed by atoms with Crippen molar-refractivity contribution in [2.75, 3.05) is 9.73 Å². The van der Waals surface area contributed by atoms with Gasteiger partial charge in [0.1, 0.15) is 22.8 Å². The highest BCUT2D eigenvalue weighted by Crippen LogP contribution is 2.41. The van der Waals surface area contributed by atoms with Crippen LogP contribution in [0.2, 0.25) is 0 Å². The number of aryl methyl sites for hydroxylation is 2. The molecule has 1 aromatic heterocycles. The van der Waals surface area contributed by atoms with Crippen LogP contribution in [0.3, 0.4) is 0 Å². The van der Waals surface area contributed by atoms with E-state index >= 15 is 0 Å². The molecule has 0 spiro atoms. The zero-order valence-electron chi connectivity index (χ0n) is 24.6. The van der Waals surface area contributed by atoms with Gasteiger partial charge in [-0.3, -0.25) is 9.73 Å². The molecule has 0 fully saturated rings. The summed E-state index contributed by atoms with van der Waals surface area (Å²) in [5.41, 5.74) is 4.97. The van der Waals surface area contributed by atoms with E-state index in [1.807, 2.05) is 98.8 Å². The number of aromatic nitrogens is 2. The summed E-state index contributed by atoms with van der Waals surface area (Å²) >= 11 is 0. The number of sulfonamides is 1. The van der Waals surface area contributed by atoms with E-state index in [4.69, 9.17) is 9.52 Å². The molecular formula is C33H31N5O5S2. The van der Waals surface area contributed by atoms with Gasteiger partial charge in [0.2, 0.25) is 21.8 Å². The van der Waals surface area contributed by atoms with Crippen molar-refractivity contribution >= 4 is 36.9 Å². The lowest BCUT2D eigenvalue weighted by Crippen LogP contribution is -2.37. The van der Waals surface area contributed by atoms with Gasteiger partial charge in [0, 0.05) is 5.69 Å². The second-order valence-electron chi connectivity index (χ2n) is 10.9. The van der Waals surface area contributed by atoms with Gasteiger partial charge in [-0.2, -0.15) is 5.10 Å². The Balaban J connectivity index is 1.33. The first-order valence-electron chi connectivity index (χ1n) is 14.2. The van der Waals surface area contributed by atoms with Gasteiger partial charge in [-0.1, -0.05) is 96.1 Å². The minimum absolute atomic E-state index is 0.205. The SMILES string of the molecule is Cc1ccc(NS(=O)(=O)Cc2nnc(CS(=O)(=O)C3C(c4ccccc4)=NN(c4ccccc4)C3c3ccc(C)cc3)o2)cc1. The number of sulfone groups is 1. The predicted molar refractivity (Wildman–Crippen MR) is 174 cm³/mol. The quantitative estimate of drug-likeness (QED) is 0.209. The third kappa shape index (κ3) is 6.81. The summed E-state index contributed by atoms with van der Waals surface area (Å²) < 4.78 is 62.4. The zero-order chi connectivity index (χ0) is 31.6. The molecule has 1 aliphatic heterocycles. The van der Waals surface area contributed by atoms with E-state index in [1.54, 1.807) is 29.3 Å². The van der Waals surface area contributed by atoms with E-state index in [0.29, 0.717) is 17.0 Å². The highest BCUT2D eigenvalue weighted by molar-refractivity contribution is 7.92. The van der Waals surface area contributed by atoms with Crippen LogP contribution < -0.4 is 9.73 Å². The minimum Gasteiger partial charge on any atom is -0.423 e. The third-order valence-corrected chi connectivity index (χ3v) is 10.5. The monoisotopic (exact) mass is 641 g/mol. The Morgan fingerprint density at radius 3 is 1.89 bits per heavy atom. The van der Waals surface area contributed by atoms with E-state index in [1.165, 1.54) is 0 Å². The summed E-state index contributed by atoms with van der Waals surface area (Å²) in [6.07, 6.45) is 0. The number of nitrogens with zero attached hydrogens (tertiary/aromatic N) is 4. The van der Waals surface area contributed by atoms with Crippen LogP contribution >= 0.6 is 0 Å². The van der Waals surface area contributed by atoms with Crippen molar-refractivity contribution in [3.8, 4) is 0 Å². The fraction of sp³-hybridized carbons (Fsp3) is 0.182. The molecule has 45 heavy (non-hydrogen) atoms. The Kier molecular flexibility index (Phi) is 8.26. The first kappa shape index (κ1) is 30.2. The number of hydrogen-bond donors (Lipinski definition) is 1. The molecule has 5 aromatic rings. The van der Waals surface area contributed by atoms with E-state index in [0.717, 1.165) is 22.4 Å². The van der Waals surface area contributed by atoms with Crippen molar-refractivity contribution in [3.05, 3.63) is 143 Å². The first-order valence-corrected chi connectivity index (χ1v) is 17.6.